The van der Waals surface area contributed by atoms with Crippen LogP contribution in [0.4, 0.5) is 0 Å². The molecule has 0 radical (unpaired) electrons. The van der Waals surface area contributed by atoms with Gasteiger partial charge in [0.15, 0.2) is 0 Å². The van der Waals surface area contributed by atoms with Gasteiger partial charge in [0.05, 0.1) is 27.6 Å². The third kappa shape index (κ3) is 4.26. The topological polar surface area (TPSA) is 71.5 Å². The van der Waals surface area contributed by atoms with Crippen molar-refractivity contribution in [2.75, 3.05) is 13.2 Å². The normalized spacial score (nSPS) is 24.7. The van der Waals surface area contributed by atoms with Gasteiger partial charge in [0, 0.05) is 19.3 Å². The number of likely N-dealkylation sites (tertiary alicyclic amines) is 1. The maximum Gasteiger partial charge on any atom is 0.262 e. The standard InChI is InChI=1S/C24H29N3O3S/c28-23(21-10-9-20(31-21)17-8-4-5-13-25-17)26-22(16-6-2-1-3-7-16)24(29)27-14-11-19-18(27)12-15-30-19/h4-5,8-10,13,16,18-19,22H,1-3,6-7,11-12,14-15H2,(H,26,28)/t18-,19-,22?/m1/s1. The number of pyridine rings is 1. The highest BCUT2D eigenvalue weighted by atomic mass is 32.1. The zero-order valence-electron chi connectivity index (χ0n) is 17.7. The minimum Gasteiger partial charge on any atom is -0.376 e. The van der Waals surface area contributed by atoms with Crippen LogP contribution >= 0.6 is 11.3 Å². The first-order chi connectivity index (χ1) is 15.2. The second-order valence-corrected chi connectivity index (χ2v) is 9.90. The van der Waals surface area contributed by atoms with E-state index in [1.54, 1.807) is 6.20 Å². The van der Waals surface area contributed by atoms with E-state index in [1.165, 1.54) is 17.8 Å². The van der Waals surface area contributed by atoms with Crippen molar-refractivity contribution < 1.29 is 14.3 Å². The van der Waals surface area contributed by atoms with Crippen molar-refractivity contribution in [1.29, 1.82) is 0 Å². The minimum absolute atomic E-state index is 0.0831. The van der Waals surface area contributed by atoms with Crippen molar-refractivity contribution in [2.45, 2.75) is 63.1 Å². The zero-order valence-corrected chi connectivity index (χ0v) is 18.5. The predicted molar refractivity (Wildman–Crippen MR) is 120 cm³/mol. The van der Waals surface area contributed by atoms with E-state index in [0.29, 0.717) is 4.88 Å². The number of nitrogens with zero attached hydrogens (tertiary/aromatic N) is 2. The number of rotatable bonds is 5. The van der Waals surface area contributed by atoms with Crippen molar-refractivity contribution in [2.24, 2.45) is 5.92 Å². The zero-order chi connectivity index (χ0) is 21.2. The lowest BCUT2D eigenvalue weighted by molar-refractivity contribution is -0.136. The molecule has 4 heterocycles. The number of carbonyl (C=O) groups is 2. The van der Waals surface area contributed by atoms with Gasteiger partial charge in [-0.3, -0.25) is 14.6 Å². The van der Waals surface area contributed by atoms with Crippen LogP contribution in [-0.4, -0.2) is 53.0 Å². The van der Waals surface area contributed by atoms with Gasteiger partial charge in [-0.2, -0.15) is 0 Å². The first-order valence-electron chi connectivity index (χ1n) is 11.4. The van der Waals surface area contributed by atoms with Crippen LogP contribution in [0.15, 0.2) is 36.5 Å². The highest BCUT2D eigenvalue weighted by Crippen LogP contribution is 2.33. The van der Waals surface area contributed by atoms with Gasteiger partial charge in [-0.25, -0.2) is 0 Å². The summed E-state index contributed by atoms with van der Waals surface area (Å²) >= 11 is 1.42. The number of hydrogen-bond donors (Lipinski definition) is 1. The van der Waals surface area contributed by atoms with Gasteiger partial charge in [0.25, 0.3) is 5.91 Å². The number of carbonyl (C=O) groups excluding carboxylic acids is 2. The average molecular weight is 440 g/mol. The summed E-state index contributed by atoms with van der Waals surface area (Å²) in [6.07, 6.45) is 9.20. The third-order valence-corrected chi connectivity index (χ3v) is 8.04. The van der Waals surface area contributed by atoms with Crippen molar-refractivity contribution >= 4 is 23.2 Å². The number of nitrogens with one attached hydrogen (secondary N) is 1. The van der Waals surface area contributed by atoms with Crippen molar-refractivity contribution in [1.82, 2.24) is 15.2 Å². The van der Waals surface area contributed by atoms with Crippen LogP contribution in [0.2, 0.25) is 0 Å². The van der Waals surface area contributed by atoms with E-state index in [0.717, 1.165) is 62.2 Å². The van der Waals surface area contributed by atoms with Gasteiger partial charge in [0.2, 0.25) is 5.91 Å². The van der Waals surface area contributed by atoms with Gasteiger partial charge in [-0.15, -0.1) is 11.3 Å². The van der Waals surface area contributed by atoms with Crippen LogP contribution in [0, 0.1) is 5.92 Å². The molecule has 164 valence electrons. The molecule has 2 aromatic rings. The lowest BCUT2D eigenvalue weighted by Crippen LogP contribution is -2.54. The molecule has 31 heavy (non-hydrogen) atoms. The van der Waals surface area contributed by atoms with Gasteiger partial charge in [-0.1, -0.05) is 25.3 Å². The molecule has 1 saturated carbocycles. The van der Waals surface area contributed by atoms with E-state index < -0.39 is 6.04 Å². The van der Waals surface area contributed by atoms with Crippen LogP contribution in [-0.2, 0) is 9.53 Å². The molecule has 1 aliphatic carbocycles. The summed E-state index contributed by atoms with van der Waals surface area (Å²) in [5.74, 6) is 0.135. The Labute approximate surface area is 187 Å². The SMILES string of the molecule is O=C(NC(C(=O)N1CC[C@H]2OCC[C@H]21)C1CCCCC1)c1ccc(-c2ccccn2)s1. The molecule has 0 bridgehead atoms. The van der Waals surface area contributed by atoms with Gasteiger partial charge in [-0.05, 0) is 55.9 Å². The van der Waals surface area contributed by atoms with Crippen LogP contribution < -0.4 is 5.32 Å². The molecule has 3 aliphatic rings. The first-order valence-corrected chi connectivity index (χ1v) is 12.3. The molecular weight excluding hydrogens is 410 g/mol. The molecule has 7 heteroatoms. The van der Waals surface area contributed by atoms with Crippen LogP contribution in [0.25, 0.3) is 10.6 Å². The molecule has 1 N–H and O–H groups in total. The fourth-order valence-corrected chi connectivity index (χ4v) is 6.21. The molecule has 3 atom stereocenters. The van der Waals surface area contributed by atoms with Gasteiger partial charge in [0.1, 0.15) is 6.04 Å². The summed E-state index contributed by atoms with van der Waals surface area (Å²) in [7, 11) is 0. The number of fused-ring (bicyclic) bond motifs is 1. The van der Waals surface area contributed by atoms with E-state index in [9.17, 15) is 9.59 Å². The Kier molecular flexibility index (Phi) is 6.05. The number of amides is 2. The van der Waals surface area contributed by atoms with Gasteiger partial charge < -0.3 is 15.0 Å². The average Bonchev–Trinajstić information content (AvgIpc) is 3.55. The highest BCUT2D eigenvalue weighted by Gasteiger charge is 2.44. The molecule has 0 aromatic carbocycles. The van der Waals surface area contributed by atoms with E-state index in [4.69, 9.17) is 4.74 Å². The fourth-order valence-electron chi connectivity index (χ4n) is 5.32. The molecule has 2 saturated heterocycles. The van der Waals surface area contributed by atoms with Crippen molar-refractivity contribution in [3.63, 3.8) is 0 Å². The Morgan fingerprint density at radius 1 is 1.10 bits per heavy atom. The Balaban J connectivity index is 1.34. The van der Waals surface area contributed by atoms with E-state index in [-0.39, 0.29) is 29.9 Å². The number of ether oxygens (including phenoxy) is 1. The third-order valence-electron chi connectivity index (χ3n) is 6.93. The second kappa shape index (κ2) is 9.09. The summed E-state index contributed by atoms with van der Waals surface area (Å²) in [5.41, 5.74) is 0.857. The van der Waals surface area contributed by atoms with Gasteiger partial charge >= 0.3 is 0 Å². The molecule has 2 amide bonds. The van der Waals surface area contributed by atoms with E-state index in [2.05, 4.69) is 10.3 Å². The first kappa shape index (κ1) is 20.6. The summed E-state index contributed by atoms with van der Waals surface area (Å²) in [6, 6.07) is 9.25. The maximum absolute atomic E-state index is 13.6. The number of hydrogen-bond acceptors (Lipinski definition) is 5. The Bertz CT molecular complexity index is 925. The van der Waals surface area contributed by atoms with E-state index >= 15 is 0 Å². The maximum atomic E-state index is 13.6. The number of thiophene rings is 1. The van der Waals surface area contributed by atoms with Crippen molar-refractivity contribution in [3.8, 4) is 10.6 Å². The smallest absolute Gasteiger partial charge is 0.262 e. The summed E-state index contributed by atoms with van der Waals surface area (Å²) < 4.78 is 5.79. The Hall–Kier alpha value is -2.25. The molecule has 6 nitrogen and oxygen atoms in total. The predicted octanol–water partition coefficient (Wildman–Crippen LogP) is 3.88. The van der Waals surface area contributed by atoms with Crippen molar-refractivity contribution in [3.05, 3.63) is 41.4 Å². The lowest BCUT2D eigenvalue weighted by Gasteiger charge is -2.34. The Morgan fingerprint density at radius 2 is 1.97 bits per heavy atom. The highest BCUT2D eigenvalue weighted by molar-refractivity contribution is 7.17. The van der Waals surface area contributed by atoms with Crippen LogP contribution in [0.3, 0.4) is 0 Å². The second-order valence-electron chi connectivity index (χ2n) is 8.81. The van der Waals surface area contributed by atoms with Crippen LogP contribution in [0.5, 0.6) is 0 Å². The van der Waals surface area contributed by atoms with Crippen LogP contribution in [0.1, 0.15) is 54.6 Å². The molecule has 2 aromatic heterocycles. The fraction of sp³-hybridized carbons (Fsp3) is 0.542. The molecular formula is C24H29N3O3S. The number of aromatic nitrogens is 1. The minimum atomic E-state index is -0.451. The lowest BCUT2D eigenvalue weighted by atomic mass is 9.83. The molecule has 5 rings (SSSR count). The summed E-state index contributed by atoms with van der Waals surface area (Å²) in [6.45, 7) is 1.46. The quantitative estimate of drug-likeness (QED) is 0.768. The van der Waals surface area contributed by atoms with E-state index in [1.807, 2.05) is 35.2 Å². The summed E-state index contributed by atoms with van der Waals surface area (Å²) in [5, 5.41) is 3.14. The molecule has 3 fully saturated rings. The monoisotopic (exact) mass is 439 g/mol. The molecule has 2 aliphatic heterocycles. The summed E-state index contributed by atoms with van der Waals surface area (Å²) in [4.78, 5) is 34.7. The molecule has 1 unspecified atom stereocenters. The Morgan fingerprint density at radius 3 is 2.77 bits per heavy atom. The largest absolute Gasteiger partial charge is 0.376 e. The molecule has 0 spiro atoms.